The summed E-state index contributed by atoms with van der Waals surface area (Å²) in [5, 5.41) is 0. The van der Waals surface area contributed by atoms with Crippen LogP contribution in [0, 0.1) is 19.7 Å². The first kappa shape index (κ1) is 17.4. The molecule has 1 aromatic rings. The van der Waals surface area contributed by atoms with Crippen molar-refractivity contribution in [2.45, 2.75) is 44.2 Å². The van der Waals surface area contributed by atoms with Crippen molar-refractivity contribution in [3.63, 3.8) is 0 Å². The van der Waals surface area contributed by atoms with Gasteiger partial charge in [-0.15, -0.1) is 0 Å². The van der Waals surface area contributed by atoms with E-state index in [1.807, 2.05) is 13.0 Å². The van der Waals surface area contributed by atoms with E-state index in [4.69, 9.17) is 0 Å². The Labute approximate surface area is 146 Å². The minimum atomic E-state index is -1.72. The second-order valence-electron chi connectivity index (χ2n) is 7.46. The second kappa shape index (κ2) is 7.19. The third kappa shape index (κ3) is 3.33. The van der Waals surface area contributed by atoms with Gasteiger partial charge in [0, 0.05) is 0 Å². The average molecular weight is 342 g/mol. The van der Waals surface area contributed by atoms with Crippen LogP contribution in [-0.4, -0.2) is 18.0 Å². The molecule has 0 N–H and O–H groups in total. The first-order valence-corrected chi connectivity index (χ1v) is 11.8. The predicted octanol–water partition coefficient (Wildman–Crippen LogP) is 6.09. The van der Waals surface area contributed by atoms with Crippen molar-refractivity contribution in [3.05, 3.63) is 83.2 Å². The molecule has 0 spiro atoms. The van der Waals surface area contributed by atoms with Crippen LogP contribution in [0.25, 0.3) is 0 Å². The van der Waals surface area contributed by atoms with Crippen molar-refractivity contribution in [1.82, 2.24) is 0 Å². The number of hydrogen-bond donors (Lipinski definition) is 0. The van der Waals surface area contributed by atoms with Crippen molar-refractivity contribution >= 4 is 7.26 Å². The van der Waals surface area contributed by atoms with Crippen LogP contribution in [0.3, 0.4) is 0 Å². The Hall–Kier alpha value is -1.46. The van der Waals surface area contributed by atoms with E-state index in [9.17, 15) is 4.39 Å². The van der Waals surface area contributed by atoms with Crippen molar-refractivity contribution in [2.75, 3.05) is 6.66 Å². The molecule has 2 heteroatoms. The number of benzene rings is 1. The molecule has 1 aromatic carbocycles. The third-order valence-electron chi connectivity index (χ3n) is 5.98. The second-order valence-corrected chi connectivity index (χ2v) is 12.3. The summed E-state index contributed by atoms with van der Waals surface area (Å²) in [5.74, 6) is -0.0647. The molecule has 0 heterocycles. The van der Waals surface area contributed by atoms with E-state index in [1.54, 1.807) is 6.07 Å². The van der Waals surface area contributed by atoms with Crippen LogP contribution in [0.1, 0.15) is 29.5 Å². The van der Waals surface area contributed by atoms with E-state index in [1.165, 1.54) is 11.1 Å². The molecular formula is C22H28FP. The molecule has 3 rings (SSSR count). The van der Waals surface area contributed by atoms with Crippen LogP contribution in [-0.2, 0) is 6.16 Å². The molecule has 0 aromatic heterocycles. The van der Waals surface area contributed by atoms with Crippen LogP contribution in [0.4, 0.5) is 4.39 Å². The molecule has 0 nitrogen and oxygen atoms in total. The van der Waals surface area contributed by atoms with Gasteiger partial charge in [-0.25, -0.2) is 0 Å². The van der Waals surface area contributed by atoms with E-state index in [-0.39, 0.29) is 5.82 Å². The summed E-state index contributed by atoms with van der Waals surface area (Å²) in [6.45, 7) is 6.60. The van der Waals surface area contributed by atoms with Crippen molar-refractivity contribution in [3.8, 4) is 0 Å². The van der Waals surface area contributed by atoms with Gasteiger partial charge in [0.1, 0.15) is 0 Å². The number of aryl methyl sites for hydroxylation is 1. The Bertz CT molecular complexity index is 694. The summed E-state index contributed by atoms with van der Waals surface area (Å²) in [5.41, 5.74) is 4.56. The normalized spacial score (nSPS) is 23.7. The van der Waals surface area contributed by atoms with Crippen molar-refractivity contribution in [2.24, 2.45) is 0 Å². The molecule has 24 heavy (non-hydrogen) atoms. The number of allylic oxidation sites excluding steroid dienone is 8. The SMILES string of the molecule is Cc1ccc(F)c(C)c1C[PH](C)(C1C=CC=CC1)C1C=CC=CC1. The van der Waals surface area contributed by atoms with E-state index in [0.29, 0.717) is 11.3 Å². The zero-order valence-electron chi connectivity index (χ0n) is 14.9. The van der Waals surface area contributed by atoms with E-state index in [0.717, 1.165) is 24.6 Å². The Kier molecular flexibility index (Phi) is 5.21. The molecule has 0 amide bonds. The summed E-state index contributed by atoms with van der Waals surface area (Å²) in [4.78, 5) is 0. The quantitative estimate of drug-likeness (QED) is 0.581. The first-order valence-electron chi connectivity index (χ1n) is 8.93. The summed E-state index contributed by atoms with van der Waals surface area (Å²) in [6, 6.07) is 3.55. The maximum absolute atomic E-state index is 14.2. The molecule has 0 saturated heterocycles. The van der Waals surface area contributed by atoms with Crippen LogP contribution in [0.5, 0.6) is 0 Å². The van der Waals surface area contributed by atoms with Crippen molar-refractivity contribution < 1.29 is 4.39 Å². The van der Waals surface area contributed by atoms with Gasteiger partial charge in [-0.1, -0.05) is 0 Å². The van der Waals surface area contributed by atoms with Gasteiger partial charge in [-0.2, -0.15) is 0 Å². The Balaban J connectivity index is 2.01. The Morgan fingerprint density at radius 2 is 1.54 bits per heavy atom. The maximum atomic E-state index is 14.2. The number of hydrogen-bond acceptors (Lipinski definition) is 0. The van der Waals surface area contributed by atoms with Crippen LogP contribution in [0.2, 0.25) is 0 Å². The zero-order chi connectivity index (χ0) is 17.2. The van der Waals surface area contributed by atoms with Crippen LogP contribution >= 0.6 is 7.26 Å². The fourth-order valence-corrected chi connectivity index (χ4v) is 9.02. The standard InChI is InChI=1S/C22H28FP/c1-17-14-15-22(23)18(2)21(17)16-24(3,19-10-6-4-7-11-19)20-12-8-5-9-13-20/h4-10,12,14-15,19-20,24H,11,13,16H2,1-3H3. The fraction of sp³-hybridized carbons (Fsp3) is 0.364. The molecule has 2 aliphatic carbocycles. The molecular weight excluding hydrogens is 314 g/mol. The van der Waals surface area contributed by atoms with E-state index < -0.39 is 7.26 Å². The molecule has 128 valence electrons. The minimum absolute atomic E-state index is 0.0647. The summed E-state index contributed by atoms with van der Waals surface area (Å²) in [7, 11) is -1.72. The monoisotopic (exact) mass is 342 g/mol. The van der Waals surface area contributed by atoms with E-state index in [2.05, 4.69) is 62.2 Å². The molecule has 0 radical (unpaired) electrons. The fourth-order valence-electron chi connectivity index (χ4n) is 4.19. The summed E-state index contributed by atoms with van der Waals surface area (Å²) in [6.07, 6.45) is 21.4. The topological polar surface area (TPSA) is 0 Å². The molecule has 0 fully saturated rings. The van der Waals surface area contributed by atoms with Gasteiger partial charge in [0.05, 0.1) is 0 Å². The summed E-state index contributed by atoms with van der Waals surface area (Å²) >= 11 is 0. The molecule has 2 unspecified atom stereocenters. The number of rotatable bonds is 4. The van der Waals surface area contributed by atoms with E-state index >= 15 is 0 Å². The van der Waals surface area contributed by atoms with Gasteiger partial charge in [-0.3, -0.25) is 0 Å². The van der Waals surface area contributed by atoms with Gasteiger partial charge in [0.25, 0.3) is 0 Å². The zero-order valence-corrected chi connectivity index (χ0v) is 15.9. The molecule has 0 saturated carbocycles. The summed E-state index contributed by atoms with van der Waals surface area (Å²) < 4.78 is 14.2. The Morgan fingerprint density at radius 1 is 0.958 bits per heavy atom. The molecule has 0 bridgehead atoms. The number of halogens is 1. The molecule has 2 aliphatic rings. The molecule has 2 atom stereocenters. The van der Waals surface area contributed by atoms with Gasteiger partial charge in [0.15, 0.2) is 0 Å². The van der Waals surface area contributed by atoms with Gasteiger partial charge in [0.2, 0.25) is 0 Å². The van der Waals surface area contributed by atoms with Gasteiger partial charge in [-0.05, 0) is 0 Å². The molecule has 0 aliphatic heterocycles. The first-order chi connectivity index (χ1) is 11.5. The van der Waals surface area contributed by atoms with Gasteiger partial charge < -0.3 is 0 Å². The van der Waals surface area contributed by atoms with Gasteiger partial charge >= 0.3 is 146 Å². The third-order valence-corrected chi connectivity index (χ3v) is 11.3. The predicted molar refractivity (Wildman–Crippen MR) is 107 cm³/mol. The average Bonchev–Trinajstić information content (AvgIpc) is 2.63. The van der Waals surface area contributed by atoms with Crippen molar-refractivity contribution in [1.29, 1.82) is 0 Å². The Morgan fingerprint density at radius 3 is 2.04 bits per heavy atom. The van der Waals surface area contributed by atoms with Crippen LogP contribution < -0.4 is 0 Å². The van der Waals surface area contributed by atoms with Crippen LogP contribution in [0.15, 0.2) is 60.7 Å².